The lowest BCUT2D eigenvalue weighted by Crippen LogP contribution is -2.40. The molecule has 190 valence electrons. The first kappa shape index (κ1) is 23.4. The van der Waals surface area contributed by atoms with Crippen LogP contribution in [0.25, 0.3) is 11.0 Å². The smallest absolute Gasteiger partial charge is 0.231 e. The molecular formula is C30H31N3O4. The van der Waals surface area contributed by atoms with E-state index in [0.717, 1.165) is 72.9 Å². The molecule has 37 heavy (non-hydrogen) atoms. The molecule has 2 aliphatic heterocycles. The third kappa shape index (κ3) is 4.73. The summed E-state index contributed by atoms with van der Waals surface area (Å²) in [6.45, 7) is 1.73. The van der Waals surface area contributed by atoms with Crippen molar-refractivity contribution < 1.29 is 19.0 Å². The average Bonchev–Trinajstić information content (AvgIpc) is 3.56. The second-order valence-corrected chi connectivity index (χ2v) is 9.67. The topological polar surface area (TPSA) is 65.8 Å². The second kappa shape index (κ2) is 10.2. The molecule has 6 rings (SSSR count). The summed E-state index contributed by atoms with van der Waals surface area (Å²) < 4.78 is 18.8. The normalized spacial score (nSPS) is 15.3. The number of nitrogens with zero attached hydrogens (tertiary/aromatic N) is 3. The van der Waals surface area contributed by atoms with Gasteiger partial charge in [-0.3, -0.25) is 4.79 Å². The number of para-hydroxylation sites is 3. The van der Waals surface area contributed by atoms with Crippen molar-refractivity contribution in [3.05, 3.63) is 83.7 Å². The van der Waals surface area contributed by atoms with Crippen molar-refractivity contribution in [3.63, 3.8) is 0 Å². The minimum atomic E-state index is 0.157. The number of hydrogen-bond acceptors (Lipinski definition) is 5. The van der Waals surface area contributed by atoms with Gasteiger partial charge in [0.15, 0.2) is 11.5 Å². The molecule has 0 spiro atoms. The summed E-state index contributed by atoms with van der Waals surface area (Å²) >= 11 is 0. The monoisotopic (exact) mass is 497 g/mol. The van der Waals surface area contributed by atoms with Crippen LogP contribution in [0, 0.1) is 0 Å². The van der Waals surface area contributed by atoms with Crippen LogP contribution in [0.5, 0.6) is 17.2 Å². The molecule has 3 heterocycles. The van der Waals surface area contributed by atoms with Gasteiger partial charge in [0.25, 0.3) is 0 Å². The van der Waals surface area contributed by atoms with E-state index in [1.165, 1.54) is 11.1 Å². The molecule has 0 aliphatic carbocycles. The number of carbonyl (C=O) groups is 1. The maximum atomic E-state index is 13.1. The van der Waals surface area contributed by atoms with Crippen LogP contribution in [0.15, 0.2) is 66.7 Å². The van der Waals surface area contributed by atoms with E-state index in [2.05, 4.69) is 34.9 Å². The Morgan fingerprint density at radius 2 is 1.76 bits per heavy atom. The highest BCUT2D eigenvalue weighted by Gasteiger charge is 2.27. The molecule has 0 radical (unpaired) electrons. The van der Waals surface area contributed by atoms with Crippen molar-refractivity contribution in [2.75, 3.05) is 27.0 Å². The van der Waals surface area contributed by atoms with Crippen molar-refractivity contribution in [1.82, 2.24) is 14.5 Å². The van der Waals surface area contributed by atoms with Crippen molar-refractivity contribution in [2.24, 2.45) is 0 Å². The number of hydrogen-bond donors (Lipinski definition) is 0. The molecular weight excluding hydrogens is 466 g/mol. The number of piperidine rings is 1. The maximum Gasteiger partial charge on any atom is 0.231 e. The zero-order valence-corrected chi connectivity index (χ0v) is 21.1. The molecule has 2 aliphatic rings. The molecule has 7 nitrogen and oxygen atoms in total. The number of rotatable bonds is 7. The average molecular weight is 498 g/mol. The molecule has 7 heteroatoms. The molecule has 0 saturated carbocycles. The van der Waals surface area contributed by atoms with Gasteiger partial charge in [-0.25, -0.2) is 4.98 Å². The van der Waals surface area contributed by atoms with E-state index in [-0.39, 0.29) is 12.7 Å². The lowest BCUT2D eigenvalue weighted by molar-refractivity contribution is -0.131. The summed E-state index contributed by atoms with van der Waals surface area (Å²) in [7, 11) is 1.72. The van der Waals surface area contributed by atoms with Crippen LogP contribution >= 0.6 is 0 Å². The number of amides is 1. The zero-order chi connectivity index (χ0) is 25.2. The van der Waals surface area contributed by atoms with Gasteiger partial charge in [-0.05, 0) is 60.7 Å². The van der Waals surface area contributed by atoms with Gasteiger partial charge in [0.05, 0.1) is 24.6 Å². The fraction of sp³-hybridized carbons (Fsp3) is 0.333. The first-order valence-electron chi connectivity index (χ1n) is 12.9. The summed E-state index contributed by atoms with van der Waals surface area (Å²) in [5.74, 6) is 3.63. The van der Waals surface area contributed by atoms with E-state index in [9.17, 15) is 4.79 Å². The van der Waals surface area contributed by atoms with Crippen molar-refractivity contribution in [1.29, 1.82) is 0 Å². The summed E-state index contributed by atoms with van der Waals surface area (Å²) in [6, 6.07) is 22.6. The minimum Gasteiger partial charge on any atom is -0.496 e. The number of aromatic nitrogens is 2. The van der Waals surface area contributed by atoms with Gasteiger partial charge in [0, 0.05) is 25.6 Å². The number of carbonyl (C=O) groups excluding carboxylic acids is 1. The van der Waals surface area contributed by atoms with Gasteiger partial charge in [-0.1, -0.05) is 36.4 Å². The zero-order valence-electron chi connectivity index (χ0n) is 21.1. The van der Waals surface area contributed by atoms with Crippen molar-refractivity contribution in [2.45, 2.75) is 38.1 Å². The molecule has 1 amide bonds. The second-order valence-electron chi connectivity index (χ2n) is 9.67. The first-order valence-corrected chi connectivity index (χ1v) is 12.9. The fourth-order valence-corrected chi connectivity index (χ4v) is 5.54. The highest BCUT2D eigenvalue weighted by molar-refractivity contribution is 5.79. The molecule has 3 aromatic carbocycles. The Bertz CT molecular complexity index is 1420. The maximum absolute atomic E-state index is 13.1. The van der Waals surface area contributed by atoms with E-state index in [4.69, 9.17) is 19.2 Å². The number of imidazole rings is 1. The predicted octanol–water partition coefficient (Wildman–Crippen LogP) is 4.97. The molecule has 1 fully saturated rings. The van der Waals surface area contributed by atoms with Crippen LogP contribution < -0.4 is 14.2 Å². The lowest BCUT2D eigenvalue weighted by atomic mass is 10.0. The summed E-state index contributed by atoms with van der Waals surface area (Å²) in [4.78, 5) is 20.1. The Labute approximate surface area is 216 Å². The standard InChI is InChI=1S/C30H31N3O4/c1-35-26-9-5-2-6-22(26)11-13-29-31-24-7-3-4-8-25(24)33(29)23-14-16-32(17-15-23)30(34)19-21-10-12-27-28(18-21)37-20-36-27/h2-10,12,18,23H,11,13-17,19-20H2,1H3. The Balaban J connectivity index is 1.15. The van der Waals surface area contributed by atoms with E-state index in [1.54, 1.807) is 7.11 Å². The third-order valence-electron chi connectivity index (χ3n) is 7.45. The number of fused-ring (bicyclic) bond motifs is 2. The number of aryl methyl sites for hydroxylation is 2. The van der Waals surface area contributed by atoms with Gasteiger partial charge in [-0.15, -0.1) is 0 Å². The van der Waals surface area contributed by atoms with E-state index in [0.29, 0.717) is 12.5 Å². The molecule has 0 unspecified atom stereocenters. The molecule has 0 bridgehead atoms. The van der Waals surface area contributed by atoms with Crippen LogP contribution in [0.3, 0.4) is 0 Å². The van der Waals surface area contributed by atoms with E-state index in [1.807, 2.05) is 41.3 Å². The summed E-state index contributed by atoms with van der Waals surface area (Å²) in [6.07, 6.45) is 3.89. The highest BCUT2D eigenvalue weighted by atomic mass is 16.7. The SMILES string of the molecule is COc1ccccc1CCc1nc2ccccc2n1C1CCN(C(=O)Cc2ccc3c(c2)OCO3)CC1. The largest absolute Gasteiger partial charge is 0.496 e. The number of likely N-dealkylation sites (tertiary alicyclic amines) is 1. The molecule has 4 aromatic rings. The van der Waals surface area contributed by atoms with Crippen LogP contribution in [-0.4, -0.2) is 47.4 Å². The minimum absolute atomic E-state index is 0.157. The predicted molar refractivity (Wildman–Crippen MR) is 141 cm³/mol. The van der Waals surface area contributed by atoms with Crippen molar-refractivity contribution in [3.8, 4) is 17.2 Å². The lowest BCUT2D eigenvalue weighted by Gasteiger charge is -2.34. The van der Waals surface area contributed by atoms with Crippen LogP contribution in [0.4, 0.5) is 0 Å². The number of ether oxygens (including phenoxy) is 3. The quantitative estimate of drug-likeness (QED) is 0.361. The molecule has 0 N–H and O–H groups in total. The Morgan fingerprint density at radius 1 is 0.973 bits per heavy atom. The van der Waals surface area contributed by atoms with Gasteiger partial charge in [0.2, 0.25) is 12.7 Å². The third-order valence-corrected chi connectivity index (χ3v) is 7.45. The summed E-state index contributed by atoms with van der Waals surface area (Å²) in [5.41, 5.74) is 4.34. The molecule has 0 atom stereocenters. The van der Waals surface area contributed by atoms with Gasteiger partial charge < -0.3 is 23.7 Å². The number of methoxy groups -OCH3 is 1. The summed E-state index contributed by atoms with van der Waals surface area (Å²) in [5, 5.41) is 0. The Kier molecular flexibility index (Phi) is 6.43. The fourth-order valence-electron chi connectivity index (χ4n) is 5.54. The van der Waals surface area contributed by atoms with Crippen LogP contribution in [-0.2, 0) is 24.1 Å². The van der Waals surface area contributed by atoms with Gasteiger partial charge in [-0.2, -0.15) is 0 Å². The van der Waals surface area contributed by atoms with E-state index < -0.39 is 0 Å². The van der Waals surface area contributed by atoms with Gasteiger partial charge in [0.1, 0.15) is 11.6 Å². The molecule has 1 saturated heterocycles. The number of benzene rings is 3. The highest BCUT2D eigenvalue weighted by Crippen LogP contribution is 2.33. The Hall–Kier alpha value is -4.00. The van der Waals surface area contributed by atoms with Crippen LogP contribution in [0.1, 0.15) is 35.8 Å². The van der Waals surface area contributed by atoms with Crippen molar-refractivity contribution >= 4 is 16.9 Å². The molecule has 1 aromatic heterocycles. The Morgan fingerprint density at radius 3 is 2.62 bits per heavy atom. The van der Waals surface area contributed by atoms with Gasteiger partial charge >= 0.3 is 0 Å². The van der Waals surface area contributed by atoms with Crippen LogP contribution in [0.2, 0.25) is 0 Å². The van der Waals surface area contributed by atoms with E-state index >= 15 is 0 Å². The first-order chi connectivity index (χ1) is 18.2.